The van der Waals surface area contributed by atoms with Gasteiger partial charge in [0.25, 0.3) is 10.0 Å². The predicted molar refractivity (Wildman–Crippen MR) is 70.1 cm³/mol. The Hall–Kier alpha value is -1.82. The van der Waals surface area contributed by atoms with E-state index in [-0.39, 0.29) is 4.90 Å². The molecule has 0 aliphatic heterocycles. The standard InChI is InChI=1S/C12H15N3O2S/c1-9-12(10(2)14-13-9)18(16,17)15(3)11-7-5-4-6-8-11/h4-8H,1-3H3,(H,13,14). The molecule has 0 aliphatic carbocycles. The van der Waals surface area contributed by atoms with E-state index in [1.54, 1.807) is 38.1 Å². The molecule has 0 aliphatic rings. The molecule has 5 nitrogen and oxygen atoms in total. The summed E-state index contributed by atoms with van der Waals surface area (Å²) in [7, 11) is -2.03. The second-order valence-electron chi connectivity index (χ2n) is 4.07. The predicted octanol–water partition coefficient (Wildman–Crippen LogP) is 1.85. The van der Waals surface area contributed by atoms with Crippen LogP contribution >= 0.6 is 0 Å². The third-order valence-corrected chi connectivity index (χ3v) is 4.85. The van der Waals surface area contributed by atoms with E-state index >= 15 is 0 Å². The third-order valence-electron chi connectivity index (χ3n) is 2.80. The molecule has 1 aromatic carbocycles. The van der Waals surface area contributed by atoms with Crippen LogP contribution in [-0.4, -0.2) is 25.7 Å². The number of nitrogens with one attached hydrogen (secondary N) is 1. The van der Waals surface area contributed by atoms with Crippen LogP contribution in [0.5, 0.6) is 0 Å². The monoisotopic (exact) mass is 265 g/mol. The van der Waals surface area contributed by atoms with Crippen molar-refractivity contribution in [1.29, 1.82) is 0 Å². The van der Waals surface area contributed by atoms with E-state index in [0.29, 0.717) is 17.1 Å². The molecule has 18 heavy (non-hydrogen) atoms. The third kappa shape index (κ3) is 1.99. The van der Waals surface area contributed by atoms with Gasteiger partial charge in [-0.1, -0.05) is 18.2 Å². The van der Waals surface area contributed by atoms with E-state index in [1.165, 1.54) is 11.4 Å². The number of anilines is 1. The Kier molecular flexibility index (Phi) is 3.13. The average Bonchev–Trinajstić information content (AvgIpc) is 2.69. The molecule has 0 atom stereocenters. The van der Waals surface area contributed by atoms with E-state index in [2.05, 4.69) is 10.2 Å². The van der Waals surface area contributed by atoms with Gasteiger partial charge in [-0.3, -0.25) is 9.40 Å². The summed E-state index contributed by atoms with van der Waals surface area (Å²) in [5.74, 6) is 0. The molecule has 96 valence electrons. The van der Waals surface area contributed by atoms with Crippen molar-refractivity contribution in [3.8, 4) is 0 Å². The molecular formula is C12H15N3O2S. The minimum absolute atomic E-state index is 0.244. The van der Waals surface area contributed by atoms with Gasteiger partial charge in [0.1, 0.15) is 4.90 Å². The highest BCUT2D eigenvalue weighted by atomic mass is 32.2. The molecule has 1 aromatic heterocycles. The molecule has 0 unspecified atom stereocenters. The quantitative estimate of drug-likeness (QED) is 0.921. The van der Waals surface area contributed by atoms with Gasteiger partial charge in [-0.2, -0.15) is 5.10 Å². The molecule has 1 heterocycles. The van der Waals surface area contributed by atoms with Crippen LogP contribution in [0.4, 0.5) is 5.69 Å². The summed E-state index contributed by atoms with van der Waals surface area (Å²) >= 11 is 0. The number of hydrogen-bond donors (Lipinski definition) is 1. The van der Waals surface area contributed by atoms with Gasteiger partial charge in [0, 0.05) is 7.05 Å². The zero-order chi connectivity index (χ0) is 13.3. The van der Waals surface area contributed by atoms with Crippen LogP contribution in [0.1, 0.15) is 11.4 Å². The van der Waals surface area contributed by atoms with Gasteiger partial charge in [0.2, 0.25) is 0 Å². The topological polar surface area (TPSA) is 66.1 Å². The first-order valence-corrected chi connectivity index (χ1v) is 6.94. The van der Waals surface area contributed by atoms with Gasteiger partial charge >= 0.3 is 0 Å². The SMILES string of the molecule is Cc1n[nH]c(C)c1S(=O)(=O)N(C)c1ccccc1. The lowest BCUT2D eigenvalue weighted by molar-refractivity contribution is 0.593. The van der Waals surface area contributed by atoms with Crippen LogP contribution in [0.15, 0.2) is 35.2 Å². The van der Waals surface area contributed by atoms with Crippen LogP contribution < -0.4 is 4.31 Å². The van der Waals surface area contributed by atoms with Gasteiger partial charge in [-0.25, -0.2) is 8.42 Å². The van der Waals surface area contributed by atoms with Crippen molar-refractivity contribution in [3.05, 3.63) is 41.7 Å². The Morgan fingerprint density at radius 3 is 2.28 bits per heavy atom. The maximum atomic E-state index is 12.5. The molecule has 0 radical (unpaired) electrons. The number of hydrogen-bond acceptors (Lipinski definition) is 3. The Labute approximate surface area is 107 Å². The molecular weight excluding hydrogens is 250 g/mol. The molecule has 1 N–H and O–H groups in total. The highest BCUT2D eigenvalue weighted by molar-refractivity contribution is 7.92. The molecule has 6 heteroatoms. The number of para-hydroxylation sites is 1. The number of aryl methyl sites for hydroxylation is 2. The fourth-order valence-electron chi connectivity index (χ4n) is 1.83. The minimum atomic E-state index is -3.57. The molecule has 0 spiro atoms. The summed E-state index contributed by atoms with van der Waals surface area (Å²) in [5, 5.41) is 6.62. The van der Waals surface area contributed by atoms with Crippen molar-refractivity contribution in [2.75, 3.05) is 11.4 Å². The van der Waals surface area contributed by atoms with Crippen LogP contribution in [-0.2, 0) is 10.0 Å². The van der Waals surface area contributed by atoms with E-state index in [9.17, 15) is 8.42 Å². The number of nitrogens with zero attached hydrogens (tertiary/aromatic N) is 2. The summed E-state index contributed by atoms with van der Waals surface area (Å²) < 4.78 is 26.3. The average molecular weight is 265 g/mol. The summed E-state index contributed by atoms with van der Waals surface area (Å²) in [5.41, 5.74) is 1.66. The first-order chi connectivity index (χ1) is 8.44. The summed E-state index contributed by atoms with van der Waals surface area (Å²) in [6, 6.07) is 8.95. The van der Waals surface area contributed by atoms with E-state index in [4.69, 9.17) is 0 Å². The zero-order valence-electron chi connectivity index (χ0n) is 10.5. The fourth-order valence-corrected chi connectivity index (χ4v) is 3.36. The van der Waals surface area contributed by atoms with Crippen molar-refractivity contribution in [2.24, 2.45) is 0 Å². The largest absolute Gasteiger partial charge is 0.281 e. The van der Waals surface area contributed by atoms with Crippen LogP contribution in [0.3, 0.4) is 0 Å². The molecule has 0 fully saturated rings. The molecule has 0 saturated heterocycles. The van der Waals surface area contributed by atoms with Gasteiger partial charge in [0.15, 0.2) is 0 Å². The van der Waals surface area contributed by atoms with Gasteiger partial charge < -0.3 is 0 Å². The van der Waals surface area contributed by atoms with E-state index in [1.807, 2.05) is 6.07 Å². The number of rotatable bonds is 3. The summed E-state index contributed by atoms with van der Waals surface area (Å²) in [6.07, 6.45) is 0. The lowest BCUT2D eigenvalue weighted by atomic mass is 10.3. The number of aromatic nitrogens is 2. The van der Waals surface area contributed by atoms with Gasteiger partial charge in [-0.05, 0) is 26.0 Å². The second kappa shape index (κ2) is 4.45. The van der Waals surface area contributed by atoms with Crippen molar-refractivity contribution in [1.82, 2.24) is 10.2 Å². The second-order valence-corrected chi connectivity index (χ2v) is 5.98. The van der Waals surface area contributed by atoms with Crippen molar-refractivity contribution in [3.63, 3.8) is 0 Å². The molecule has 2 rings (SSSR count). The van der Waals surface area contributed by atoms with Crippen molar-refractivity contribution < 1.29 is 8.42 Å². The van der Waals surface area contributed by atoms with E-state index in [0.717, 1.165) is 0 Å². The first-order valence-electron chi connectivity index (χ1n) is 5.50. The maximum absolute atomic E-state index is 12.5. The molecule has 2 aromatic rings. The maximum Gasteiger partial charge on any atom is 0.267 e. The lowest BCUT2D eigenvalue weighted by Crippen LogP contribution is -2.27. The molecule has 0 saturated carbocycles. The Morgan fingerprint density at radius 1 is 1.17 bits per heavy atom. The van der Waals surface area contributed by atoms with Crippen LogP contribution in [0, 0.1) is 13.8 Å². The number of benzene rings is 1. The Morgan fingerprint density at radius 2 is 1.78 bits per heavy atom. The molecule has 0 bridgehead atoms. The molecule has 0 amide bonds. The van der Waals surface area contributed by atoms with Crippen molar-refractivity contribution in [2.45, 2.75) is 18.7 Å². The number of sulfonamides is 1. The minimum Gasteiger partial charge on any atom is -0.281 e. The summed E-state index contributed by atoms with van der Waals surface area (Å²) in [6.45, 7) is 3.38. The van der Waals surface area contributed by atoms with Crippen LogP contribution in [0.2, 0.25) is 0 Å². The van der Waals surface area contributed by atoms with Gasteiger partial charge in [-0.15, -0.1) is 0 Å². The fraction of sp³-hybridized carbons (Fsp3) is 0.250. The highest BCUT2D eigenvalue weighted by Crippen LogP contribution is 2.24. The number of H-pyrrole nitrogens is 1. The zero-order valence-corrected chi connectivity index (χ0v) is 11.3. The normalized spacial score (nSPS) is 11.5. The van der Waals surface area contributed by atoms with Crippen LogP contribution in [0.25, 0.3) is 0 Å². The highest BCUT2D eigenvalue weighted by Gasteiger charge is 2.27. The Balaban J connectivity index is 2.51. The lowest BCUT2D eigenvalue weighted by Gasteiger charge is -2.19. The van der Waals surface area contributed by atoms with E-state index < -0.39 is 10.0 Å². The summed E-state index contributed by atoms with van der Waals surface area (Å²) in [4.78, 5) is 0.244. The van der Waals surface area contributed by atoms with Gasteiger partial charge in [0.05, 0.1) is 17.1 Å². The van der Waals surface area contributed by atoms with Crippen molar-refractivity contribution >= 4 is 15.7 Å². The first kappa shape index (κ1) is 12.6. The number of aromatic amines is 1. The Bertz CT molecular complexity index is 628. The smallest absolute Gasteiger partial charge is 0.267 e.